The van der Waals surface area contributed by atoms with E-state index in [4.69, 9.17) is 10.6 Å². The third-order valence-corrected chi connectivity index (χ3v) is 3.45. The Kier molecular flexibility index (Phi) is 5.70. The first-order valence-corrected chi connectivity index (χ1v) is 7.52. The van der Waals surface area contributed by atoms with Gasteiger partial charge in [0.1, 0.15) is 5.82 Å². The number of anilines is 1. The molecule has 3 N–H and O–H groups in total. The molecule has 7 heteroatoms. The number of nitrogens with two attached hydrogens (primary N) is 1. The number of carbonyl (C=O) groups is 1. The van der Waals surface area contributed by atoms with Gasteiger partial charge in [-0.15, -0.1) is 0 Å². The highest BCUT2D eigenvalue weighted by Crippen LogP contribution is 2.19. The molecule has 5 nitrogen and oxygen atoms in total. The second kappa shape index (κ2) is 7.73. The number of hydrogen-bond acceptors (Lipinski definition) is 3. The van der Waals surface area contributed by atoms with Gasteiger partial charge in [-0.25, -0.2) is 4.39 Å². The standard InChI is InChI=1S/C16H15BrFN3O2/c1-10-8-12(17)4-7-14(10)20-15(22)9-23-21-16(19)11-2-5-13(18)6-3-11/h2-8H,9H2,1H3,(H2,19,21)(H,20,22). The van der Waals surface area contributed by atoms with E-state index in [1.807, 2.05) is 19.1 Å². The molecule has 0 atom stereocenters. The predicted octanol–water partition coefficient (Wildman–Crippen LogP) is 3.17. The fraction of sp³-hybridized carbons (Fsp3) is 0.125. The van der Waals surface area contributed by atoms with Gasteiger partial charge >= 0.3 is 0 Å². The van der Waals surface area contributed by atoms with E-state index in [2.05, 4.69) is 26.4 Å². The van der Waals surface area contributed by atoms with Crippen LogP contribution in [0.15, 0.2) is 52.1 Å². The molecule has 0 unspecified atom stereocenters. The Balaban J connectivity index is 1.89. The molecule has 0 heterocycles. The summed E-state index contributed by atoms with van der Waals surface area (Å²) >= 11 is 3.35. The van der Waals surface area contributed by atoms with Gasteiger partial charge in [-0.2, -0.15) is 0 Å². The lowest BCUT2D eigenvalue weighted by Gasteiger charge is -2.08. The molecular weight excluding hydrogens is 365 g/mol. The SMILES string of the molecule is Cc1cc(Br)ccc1NC(=O)CO/N=C(\N)c1ccc(F)cc1. The van der Waals surface area contributed by atoms with Gasteiger partial charge in [-0.3, -0.25) is 4.79 Å². The topological polar surface area (TPSA) is 76.7 Å². The minimum absolute atomic E-state index is 0.0672. The van der Waals surface area contributed by atoms with Crippen molar-refractivity contribution in [3.63, 3.8) is 0 Å². The molecule has 0 radical (unpaired) electrons. The summed E-state index contributed by atoms with van der Waals surface area (Å²) in [7, 11) is 0. The van der Waals surface area contributed by atoms with E-state index in [9.17, 15) is 9.18 Å². The first-order valence-electron chi connectivity index (χ1n) is 6.73. The lowest BCUT2D eigenvalue weighted by atomic mass is 10.2. The van der Waals surface area contributed by atoms with Gasteiger partial charge < -0.3 is 15.9 Å². The average molecular weight is 380 g/mol. The van der Waals surface area contributed by atoms with Crippen molar-refractivity contribution in [2.75, 3.05) is 11.9 Å². The Morgan fingerprint density at radius 3 is 2.65 bits per heavy atom. The zero-order valence-electron chi connectivity index (χ0n) is 12.3. The largest absolute Gasteiger partial charge is 0.384 e. The van der Waals surface area contributed by atoms with E-state index in [0.717, 1.165) is 10.0 Å². The van der Waals surface area contributed by atoms with Crippen LogP contribution >= 0.6 is 15.9 Å². The zero-order chi connectivity index (χ0) is 16.8. The quantitative estimate of drug-likeness (QED) is 0.475. The average Bonchev–Trinajstić information content (AvgIpc) is 2.50. The number of oxime groups is 1. The van der Waals surface area contributed by atoms with E-state index >= 15 is 0 Å². The summed E-state index contributed by atoms with van der Waals surface area (Å²) in [6, 6.07) is 11.0. The monoisotopic (exact) mass is 379 g/mol. The lowest BCUT2D eigenvalue weighted by molar-refractivity contribution is -0.120. The molecule has 0 bridgehead atoms. The third kappa shape index (κ3) is 5.07. The number of amides is 1. The summed E-state index contributed by atoms with van der Waals surface area (Å²) in [4.78, 5) is 16.7. The lowest BCUT2D eigenvalue weighted by Crippen LogP contribution is -2.19. The van der Waals surface area contributed by atoms with Crippen LogP contribution < -0.4 is 11.1 Å². The predicted molar refractivity (Wildman–Crippen MR) is 90.6 cm³/mol. The minimum atomic E-state index is -0.369. The van der Waals surface area contributed by atoms with Crippen LogP contribution in [-0.2, 0) is 9.63 Å². The number of nitrogens with zero attached hydrogens (tertiary/aromatic N) is 1. The smallest absolute Gasteiger partial charge is 0.265 e. The molecule has 0 fully saturated rings. The normalized spacial score (nSPS) is 11.2. The molecule has 23 heavy (non-hydrogen) atoms. The highest BCUT2D eigenvalue weighted by molar-refractivity contribution is 9.10. The molecule has 0 saturated carbocycles. The molecule has 2 aromatic carbocycles. The fourth-order valence-electron chi connectivity index (χ4n) is 1.79. The fourth-order valence-corrected chi connectivity index (χ4v) is 2.26. The second-order valence-electron chi connectivity index (χ2n) is 4.76. The molecular formula is C16H15BrFN3O2. The molecule has 2 rings (SSSR count). The van der Waals surface area contributed by atoms with Crippen LogP contribution in [0.2, 0.25) is 0 Å². The number of amidine groups is 1. The Morgan fingerprint density at radius 2 is 2.00 bits per heavy atom. The highest BCUT2D eigenvalue weighted by Gasteiger charge is 2.06. The van der Waals surface area contributed by atoms with Crippen LogP contribution in [0.25, 0.3) is 0 Å². The van der Waals surface area contributed by atoms with Crippen molar-refractivity contribution in [1.29, 1.82) is 0 Å². The maximum Gasteiger partial charge on any atom is 0.265 e. The summed E-state index contributed by atoms with van der Waals surface area (Å²) in [5.74, 6) is -0.657. The molecule has 0 aromatic heterocycles. The Bertz CT molecular complexity index is 733. The number of aryl methyl sites for hydroxylation is 1. The molecule has 0 aliphatic heterocycles. The van der Waals surface area contributed by atoms with Crippen LogP contribution in [0.1, 0.15) is 11.1 Å². The summed E-state index contributed by atoms with van der Waals surface area (Å²) in [5, 5.41) is 6.36. The van der Waals surface area contributed by atoms with Crippen molar-refractivity contribution < 1.29 is 14.0 Å². The van der Waals surface area contributed by atoms with Crippen LogP contribution in [0.4, 0.5) is 10.1 Å². The van der Waals surface area contributed by atoms with Crippen LogP contribution in [-0.4, -0.2) is 18.3 Å². The van der Waals surface area contributed by atoms with Crippen LogP contribution in [0.5, 0.6) is 0 Å². The number of benzene rings is 2. The van der Waals surface area contributed by atoms with E-state index in [1.54, 1.807) is 6.07 Å². The minimum Gasteiger partial charge on any atom is -0.384 e. The number of hydrogen-bond donors (Lipinski definition) is 2. The Labute approximate surface area is 141 Å². The number of nitrogens with one attached hydrogen (secondary N) is 1. The third-order valence-electron chi connectivity index (χ3n) is 2.96. The van der Waals surface area contributed by atoms with Crippen molar-refractivity contribution in [1.82, 2.24) is 0 Å². The highest BCUT2D eigenvalue weighted by atomic mass is 79.9. The van der Waals surface area contributed by atoms with Gasteiger partial charge in [0.2, 0.25) is 0 Å². The van der Waals surface area contributed by atoms with Crippen LogP contribution in [0, 0.1) is 12.7 Å². The maximum atomic E-state index is 12.8. The molecule has 0 spiro atoms. The van der Waals surface area contributed by atoms with Crippen molar-refractivity contribution >= 4 is 33.4 Å². The van der Waals surface area contributed by atoms with E-state index < -0.39 is 0 Å². The van der Waals surface area contributed by atoms with Crippen molar-refractivity contribution in [3.05, 3.63) is 63.9 Å². The van der Waals surface area contributed by atoms with Gasteiger partial charge in [0.15, 0.2) is 12.4 Å². The van der Waals surface area contributed by atoms with E-state index in [0.29, 0.717) is 11.3 Å². The van der Waals surface area contributed by atoms with Crippen molar-refractivity contribution in [2.45, 2.75) is 6.92 Å². The van der Waals surface area contributed by atoms with E-state index in [1.165, 1.54) is 24.3 Å². The molecule has 0 saturated heterocycles. The number of halogens is 2. The summed E-state index contributed by atoms with van der Waals surface area (Å²) in [6.07, 6.45) is 0. The Hall–Kier alpha value is -2.41. The zero-order valence-corrected chi connectivity index (χ0v) is 13.9. The summed E-state index contributed by atoms with van der Waals surface area (Å²) in [6.45, 7) is 1.60. The number of rotatable bonds is 5. The van der Waals surface area contributed by atoms with Crippen molar-refractivity contribution in [2.24, 2.45) is 10.9 Å². The molecule has 0 aliphatic carbocycles. The van der Waals surface area contributed by atoms with Gasteiger partial charge in [0.25, 0.3) is 5.91 Å². The molecule has 0 aliphatic rings. The van der Waals surface area contributed by atoms with Crippen LogP contribution in [0.3, 0.4) is 0 Å². The van der Waals surface area contributed by atoms with Gasteiger partial charge in [0.05, 0.1) is 0 Å². The van der Waals surface area contributed by atoms with E-state index in [-0.39, 0.29) is 24.2 Å². The van der Waals surface area contributed by atoms with Crippen molar-refractivity contribution in [3.8, 4) is 0 Å². The summed E-state index contributed by atoms with van der Waals surface area (Å²) in [5.41, 5.74) is 7.81. The Morgan fingerprint density at radius 1 is 1.30 bits per heavy atom. The molecule has 120 valence electrons. The second-order valence-corrected chi connectivity index (χ2v) is 5.68. The molecule has 2 aromatic rings. The first-order chi connectivity index (χ1) is 11.0. The van der Waals surface area contributed by atoms with Gasteiger partial charge in [-0.1, -0.05) is 21.1 Å². The first kappa shape index (κ1) is 17.0. The number of carbonyl (C=O) groups excluding carboxylic acids is 1. The van der Waals surface area contributed by atoms with Gasteiger partial charge in [0, 0.05) is 15.7 Å². The molecule has 1 amide bonds. The maximum absolute atomic E-state index is 12.8. The van der Waals surface area contributed by atoms with Gasteiger partial charge in [-0.05, 0) is 55.0 Å². The summed E-state index contributed by atoms with van der Waals surface area (Å²) < 4.78 is 13.7.